The van der Waals surface area contributed by atoms with Crippen LogP contribution in [0.2, 0.25) is 0 Å². The normalized spacial score (nSPS) is 22.9. The smallest absolute Gasteiger partial charge is 0.323 e. The van der Waals surface area contributed by atoms with E-state index in [9.17, 15) is 5.11 Å². The van der Waals surface area contributed by atoms with Crippen LogP contribution in [0.1, 0.15) is 20.3 Å². The second-order valence-electron chi connectivity index (χ2n) is 4.78. The SMILES string of the molecule is CCCOc1nc(N)nc(N2CC(C)OC(CO)C2)n1. The Morgan fingerprint density at radius 2 is 2.20 bits per heavy atom. The number of nitrogens with zero attached hydrogens (tertiary/aromatic N) is 4. The van der Waals surface area contributed by atoms with Crippen LogP contribution in [0.4, 0.5) is 11.9 Å². The molecule has 0 aromatic carbocycles. The molecule has 0 bridgehead atoms. The number of aliphatic hydroxyl groups is 1. The van der Waals surface area contributed by atoms with Crippen molar-refractivity contribution in [1.29, 1.82) is 0 Å². The van der Waals surface area contributed by atoms with Crippen molar-refractivity contribution in [2.75, 3.05) is 36.9 Å². The fraction of sp³-hybridized carbons (Fsp3) is 0.750. The number of anilines is 2. The zero-order chi connectivity index (χ0) is 14.5. The first-order chi connectivity index (χ1) is 9.62. The van der Waals surface area contributed by atoms with E-state index in [4.69, 9.17) is 15.2 Å². The van der Waals surface area contributed by atoms with Crippen molar-refractivity contribution in [3.8, 4) is 6.01 Å². The molecule has 2 rings (SSSR count). The van der Waals surface area contributed by atoms with Crippen LogP contribution in [0, 0.1) is 0 Å². The van der Waals surface area contributed by atoms with E-state index in [2.05, 4.69) is 15.0 Å². The zero-order valence-corrected chi connectivity index (χ0v) is 11.8. The average molecular weight is 283 g/mol. The van der Waals surface area contributed by atoms with Crippen molar-refractivity contribution >= 4 is 11.9 Å². The number of nitrogens with two attached hydrogens (primary N) is 1. The van der Waals surface area contributed by atoms with Crippen molar-refractivity contribution < 1.29 is 14.6 Å². The van der Waals surface area contributed by atoms with Gasteiger partial charge in [0, 0.05) is 13.1 Å². The number of hydrogen-bond donors (Lipinski definition) is 2. The Labute approximate surface area is 117 Å². The largest absolute Gasteiger partial charge is 0.463 e. The monoisotopic (exact) mass is 283 g/mol. The number of nitrogen functional groups attached to an aromatic ring is 1. The highest BCUT2D eigenvalue weighted by Crippen LogP contribution is 2.19. The van der Waals surface area contributed by atoms with Crippen LogP contribution in [0.3, 0.4) is 0 Å². The molecule has 1 aliphatic heterocycles. The number of aromatic nitrogens is 3. The fourth-order valence-electron chi connectivity index (χ4n) is 2.07. The molecule has 1 aromatic heterocycles. The topological polar surface area (TPSA) is 107 Å². The maximum atomic E-state index is 9.24. The third kappa shape index (κ3) is 3.67. The van der Waals surface area contributed by atoms with E-state index in [1.165, 1.54) is 0 Å². The third-order valence-electron chi connectivity index (χ3n) is 2.87. The van der Waals surface area contributed by atoms with Crippen LogP contribution in [-0.4, -0.2) is 58.6 Å². The summed E-state index contributed by atoms with van der Waals surface area (Å²) in [6.45, 7) is 5.57. The van der Waals surface area contributed by atoms with E-state index in [0.29, 0.717) is 25.6 Å². The van der Waals surface area contributed by atoms with Crippen LogP contribution >= 0.6 is 0 Å². The first kappa shape index (κ1) is 14.7. The van der Waals surface area contributed by atoms with Crippen LogP contribution in [-0.2, 0) is 4.74 Å². The van der Waals surface area contributed by atoms with Gasteiger partial charge in [-0.2, -0.15) is 15.0 Å². The number of aliphatic hydroxyl groups excluding tert-OH is 1. The minimum absolute atomic E-state index is 0.0149. The Kier molecular flexibility index (Phi) is 4.91. The second-order valence-corrected chi connectivity index (χ2v) is 4.78. The minimum atomic E-state index is -0.253. The predicted octanol–water partition coefficient (Wildman–Crippen LogP) is -0.171. The second kappa shape index (κ2) is 6.67. The van der Waals surface area contributed by atoms with Gasteiger partial charge in [0.1, 0.15) is 0 Å². The molecule has 0 spiro atoms. The van der Waals surface area contributed by atoms with E-state index in [-0.39, 0.29) is 30.8 Å². The van der Waals surface area contributed by atoms with Crippen molar-refractivity contribution in [3.63, 3.8) is 0 Å². The number of hydrogen-bond acceptors (Lipinski definition) is 8. The summed E-state index contributed by atoms with van der Waals surface area (Å²) in [7, 11) is 0. The average Bonchev–Trinajstić information content (AvgIpc) is 2.43. The molecule has 0 amide bonds. The van der Waals surface area contributed by atoms with Crippen LogP contribution in [0.25, 0.3) is 0 Å². The maximum Gasteiger partial charge on any atom is 0.323 e. The van der Waals surface area contributed by atoms with Gasteiger partial charge in [0.2, 0.25) is 11.9 Å². The molecule has 0 saturated carbocycles. The van der Waals surface area contributed by atoms with Crippen LogP contribution < -0.4 is 15.4 Å². The summed E-state index contributed by atoms with van der Waals surface area (Å²) in [5.74, 6) is 0.581. The third-order valence-corrected chi connectivity index (χ3v) is 2.87. The molecular formula is C12H21N5O3. The van der Waals surface area contributed by atoms with E-state index < -0.39 is 0 Å². The number of rotatable bonds is 5. The van der Waals surface area contributed by atoms with Crippen molar-refractivity contribution in [2.24, 2.45) is 0 Å². The molecule has 2 atom stereocenters. The van der Waals surface area contributed by atoms with Gasteiger partial charge >= 0.3 is 6.01 Å². The predicted molar refractivity (Wildman–Crippen MR) is 73.7 cm³/mol. The quantitative estimate of drug-likeness (QED) is 0.767. The van der Waals surface area contributed by atoms with Crippen molar-refractivity contribution in [1.82, 2.24) is 15.0 Å². The van der Waals surface area contributed by atoms with Gasteiger partial charge in [0.25, 0.3) is 0 Å². The van der Waals surface area contributed by atoms with E-state index in [1.807, 2.05) is 18.7 Å². The van der Waals surface area contributed by atoms with Crippen molar-refractivity contribution in [2.45, 2.75) is 32.5 Å². The molecule has 3 N–H and O–H groups in total. The molecule has 8 nitrogen and oxygen atoms in total. The Morgan fingerprint density at radius 1 is 1.40 bits per heavy atom. The summed E-state index contributed by atoms with van der Waals surface area (Å²) in [6, 6.07) is 0.231. The molecule has 1 aromatic rings. The summed E-state index contributed by atoms with van der Waals surface area (Å²) >= 11 is 0. The van der Waals surface area contributed by atoms with Gasteiger partial charge in [0.15, 0.2) is 0 Å². The highest BCUT2D eigenvalue weighted by atomic mass is 16.5. The molecule has 20 heavy (non-hydrogen) atoms. The maximum absolute atomic E-state index is 9.24. The lowest BCUT2D eigenvalue weighted by Crippen LogP contribution is -2.48. The molecule has 1 aliphatic rings. The van der Waals surface area contributed by atoms with E-state index >= 15 is 0 Å². The zero-order valence-electron chi connectivity index (χ0n) is 11.8. The first-order valence-corrected chi connectivity index (χ1v) is 6.78. The highest BCUT2D eigenvalue weighted by Gasteiger charge is 2.27. The molecular weight excluding hydrogens is 262 g/mol. The Hall–Kier alpha value is -1.67. The van der Waals surface area contributed by atoms with Crippen LogP contribution in [0.5, 0.6) is 6.01 Å². The van der Waals surface area contributed by atoms with Crippen molar-refractivity contribution in [3.05, 3.63) is 0 Å². The van der Waals surface area contributed by atoms with E-state index in [1.54, 1.807) is 0 Å². The lowest BCUT2D eigenvalue weighted by Gasteiger charge is -2.36. The van der Waals surface area contributed by atoms with Gasteiger partial charge in [-0.15, -0.1) is 0 Å². The standard InChI is InChI=1S/C12H21N5O3/c1-3-4-19-12-15-10(13)14-11(16-12)17-5-8(2)20-9(6-17)7-18/h8-9,18H,3-7H2,1-2H3,(H2,13,14,15,16). The molecule has 1 fully saturated rings. The van der Waals surface area contributed by atoms with Gasteiger partial charge in [-0.1, -0.05) is 6.92 Å². The Balaban J connectivity index is 2.16. The minimum Gasteiger partial charge on any atom is -0.463 e. The first-order valence-electron chi connectivity index (χ1n) is 6.78. The molecule has 2 heterocycles. The lowest BCUT2D eigenvalue weighted by atomic mass is 10.2. The summed E-state index contributed by atoms with van der Waals surface area (Å²) in [5.41, 5.74) is 5.69. The molecule has 0 aliphatic carbocycles. The van der Waals surface area contributed by atoms with Gasteiger partial charge in [0.05, 0.1) is 25.4 Å². The molecule has 0 radical (unpaired) electrons. The summed E-state index contributed by atoms with van der Waals surface area (Å²) in [6.07, 6.45) is 0.595. The Bertz CT molecular complexity index is 445. The number of ether oxygens (including phenoxy) is 2. The van der Waals surface area contributed by atoms with Gasteiger partial charge < -0.3 is 25.2 Å². The lowest BCUT2D eigenvalue weighted by molar-refractivity contribution is -0.0425. The number of morpholine rings is 1. The summed E-state index contributed by atoms with van der Waals surface area (Å²) in [5, 5.41) is 9.24. The molecule has 8 heteroatoms. The Morgan fingerprint density at radius 3 is 2.90 bits per heavy atom. The summed E-state index contributed by atoms with van der Waals surface area (Å²) < 4.78 is 11.0. The summed E-state index contributed by atoms with van der Waals surface area (Å²) in [4.78, 5) is 14.3. The highest BCUT2D eigenvalue weighted by molar-refractivity contribution is 5.36. The van der Waals surface area contributed by atoms with Crippen LogP contribution in [0.15, 0.2) is 0 Å². The van der Waals surface area contributed by atoms with Gasteiger partial charge in [-0.3, -0.25) is 0 Å². The molecule has 1 saturated heterocycles. The molecule has 112 valence electrons. The van der Waals surface area contributed by atoms with Gasteiger partial charge in [-0.05, 0) is 13.3 Å². The molecule has 2 unspecified atom stereocenters. The van der Waals surface area contributed by atoms with Gasteiger partial charge in [-0.25, -0.2) is 0 Å². The fourth-order valence-corrected chi connectivity index (χ4v) is 2.07. The van der Waals surface area contributed by atoms with E-state index in [0.717, 1.165) is 6.42 Å².